The molecule has 0 aromatic heterocycles. The van der Waals surface area contributed by atoms with Gasteiger partial charge in [0.1, 0.15) is 0 Å². The second-order valence-electron chi connectivity index (χ2n) is 5.15. The van der Waals surface area contributed by atoms with Gasteiger partial charge >= 0.3 is 0 Å². The molecule has 1 N–H and O–H groups in total. The summed E-state index contributed by atoms with van der Waals surface area (Å²) >= 11 is 0. The molecule has 0 radical (unpaired) electrons. The maximum atomic E-state index is 3.73. The molecule has 2 fully saturated rings. The number of hydrogen-bond donors (Lipinski definition) is 1. The summed E-state index contributed by atoms with van der Waals surface area (Å²) in [5.74, 6) is 2.03. The van der Waals surface area contributed by atoms with Gasteiger partial charge in [0.05, 0.1) is 0 Å². The van der Waals surface area contributed by atoms with Crippen LogP contribution in [0.4, 0.5) is 0 Å². The van der Waals surface area contributed by atoms with Crippen LogP contribution in [0.15, 0.2) is 30.3 Å². The predicted molar refractivity (Wildman–Crippen MR) is 62.5 cm³/mol. The zero-order valence-electron chi connectivity index (χ0n) is 9.15. The molecule has 0 unspecified atom stereocenters. The molecule has 1 aromatic rings. The second-order valence-corrected chi connectivity index (χ2v) is 5.15. The van der Waals surface area contributed by atoms with E-state index in [9.17, 15) is 0 Å². The lowest BCUT2D eigenvalue weighted by Gasteiger charge is -2.22. The summed E-state index contributed by atoms with van der Waals surface area (Å²) in [6, 6.07) is 11.6. The zero-order chi connectivity index (χ0) is 10.1. The van der Waals surface area contributed by atoms with E-state index in [1.807, 2.05) is 0 Å². The van der Waals surface area contributed by atoms with Crippen LogP contribution in [0.25, 0.3) is 0 Å². The lowest BCUT2D eigenvalue weighted by Crippen LogP contribution is -2.33. The molecule has 1 aromatic carbocycles. The molecule has 1 heteroatoms. The van der Waals surface area contributed by atoms with Crippen molar-refractivity contribution >= 4 is 0 Å². The van der Waals surface area contributed by atoms with Crippen LogP contribution >= 0.6 is 0 Å². The van der Waals surface area contributed by atoms with E-state index in [-0.39, 0.29) is 0 Å². The van der Waals surface area contributed by atoms with E-state index < -0.39 is 0 Å². The minimum Gasteiger partial charge on any atom is -0.310 e. The Balaban J connectivity index is 1.55. The van der Waals surface area contributed by atoms with Gasteiger partial charge in [0.25, 0.3) is 0 Å². The summed E-state index contributed by atoms with van der Waals surface area (Å²) in [5, 5.41) is 3.73. The monoisotopic (exact) mass is 201 g/mol. The average Bonchev–Trinajstić information content (AvgIpc) is 2.89. The third-order valence-corrected chi connectivity index (χ3v) is 4.15. The number of hydrogen-bond acceptors (Lipinski definition) is 1. The van der Waals surface area contributed by atoms with Gasteiger partial charge in [0.2, 0.25) is 0 Å². The number of benzene rings is 1. The highest BCUT2D eigenvalue weighted by Gasteiger charge is 2.38. The summed E-state index contributed by atoms with van der Waals surface area (Å²) in [6.45, 7) is 1.05. The van der Waals surface area contributed by atoms with Gasteiger partial charge < -0.3 is 5.32 Å². The summed E-state index contributed by atoms with van der Waals surface area (Å²) in [4.78, 5) is 0. The van der Waals surface area contributed by atoms with Gasteiger partial charge in [-0.1, -0.05) is 36.8 Å². The maximum Gasteiger partial charge on any atom is 0.0208 e. The van der Waals surface area contributed by atoms with Crippen molar-refractivity contribution in [1.29, 1.82) is 0 Å². The molecule has 15 heavy (non-hydrogen) atoms. The first-order valence-corrected chi connectivity index (χ1v) is 6.19. The molecule has 0 amide bonds. The molecule has 2 aliphatic carbocycles. The first-order chi connectivity index (χ1) is 7.42. The fourth-order valence-electron chi connectivity index (χ4n) is 3.34. The lowest BCUT2D eigenvalue weighted by atomic mass is 9.95. The predicted octanol–water partition coefficient (Wildman–Crippen LogP) is 2.96. The van der Waals surface area contributed by atoms with Crippen molar-refractivity contribution in [3.8, 4) is 0 Å². The Morgan fingerprint density at radius 1 is 1.07 bits per heavy atom. The van der Waals surface area contributed by atoms with Crippen LogP contribution in [0.3, 0.4) is 0 Å². The molecule has 80 valence electrons. The quantitative estimate of drug-likeness (QED) is 0.792. The first kappa shape index (κ1) is 9.41. The molecular weight excluding hydrogens is 182 g/mol. The van der Waals surface area contributed by atoms with Crippen LogP contribution in [-0.2, 0) is 6.54 Å². The Morgan fingerprint density at radius 2 is 1.93 bits per heavy atom. The highest BCUT2D eigenvalue weighted by Crippen LogP contribution is 2.44. The molecular formula is C14H19N. The highest BCUT2D eigenvalue weighted by atomic mass is 14.9. The molecule has 3 atom stereocenters. The Bertz CT molecular complexity index is 319. The van der Waals surface area contributed by atoms with Crippen molar-refractivity contribution in [2.45, 2.75) is 38.3 Å². The van der Waals surface area contributed by atoms with Gasteiger partial charge in [-0.25, -0.2) is 0 Å². The number of nitrogens with one attached hydrogen (secondary N) is 1. The molecule has 2 bridgehead atoms. The van der Waals surface area contributed by atoms with E-state index in [4.69, 9.17) is 0 Å². The maximum absolute atomic E-state index is 3.73. The van der Waals surface area contributed by atoms with Gasteiger partial charge in [-0.05, 0) is 36.7 Å². The van der Waals surface area contributed by atoms with Crippen LogP contribution in [0.1, 0.15) is 31.2 Å². The van der Waals surface area contributed by atoms with Gasteiger partial charge in [0, 0.05) is 12.6 Å². The number of fused-ring (bicyclic) bond motifs is 2. The fourth-order valence-corrected chi connectivity index (χ4v) is 3.34. The SMILES string of the molecule is c1ccc(CN[C@@H]2C[C@H]3CC[C@@H]2C3)cc1. The van der Waals surface area contributed by atoms with E-state index >= 15 is 0 Å². The molecule has 1 nitrogen and oxygen atoms in total. The largest absolute Gasteiger partial charge is 0.310 e. The molecule has 0 saturated heterocycles. The van der Waals surface area contributed by atoms with Crippen LogP contribution in [0.5, 0.6) is 0 Å². The number of rotatable bonds is 3. The van der Waals surface area contributed by atoms with Gasteiger partial charge in [-0.15, -0.1) is 0 Å². The topological polar surface area (TPSA) is 12.0 Å². The van der Waals surface area contributed by atoms with Crippen LogP contribution in [-0.4, -0.2) is 6.04 Å². The van der Waals surface area contributed by atoms with Crippen LogP contribution < -0.4 is 5.32 Å². The normalized spacial score (nSPS) is 33.5. The molecule has 2 aliphatic rings. The summed E-state index contributed by atoms with van der Waals surface area (Å²) in [6.07, 6.45) is 5.88. The van der Waals surface area contributed by atoms with E-state index in [0.29, 0.717) is 0 Å². The lowest BCUT2D eigenvalue weighted by molar-refractivity contribution is 0.351. The van der Waals surface area contributed by atoms with E-state index in [0.717, 1.165) is 24.4 Å². The molecule has 0 heterocycles. The van der Waals surface area contributed by atoms with Crippen molar-refractivity contribution in [1.82, 2.24) is 5.32 Å². The molecule has 0 aliphatic heterocycles. The Hall–Kier alpha value is -0.820. The van der Waals surface area contributed by atoms with Crippen molar-refractivity contribution < 1.29 is 0 Å². The van der Waals surface area contributed by atoms with Crippen molar-refractivity contribution in [2.75, 3.05) is 0 Å². The standard InChI is InChI=1S/C14H19N/c1-2-4-11(5-3-1)10-15-14-9-12-6-7-13(14)8-12/h1-5,12-15H,6-10H2/t12-,13+,14+/m0/s1. The zero-order valence-corrected chi connectivity index (χ0v) is 9.15. The second kappa shape index (κ2) is 3.97. The minimum absolute atomic E-state index is 0.809. The van der Waals surface area contributed by atoms with Gasteiger partial charge in [-0.3, -0.25) is 0 Å². The highest BCUT2D eigenvalue weighted by molar-refractivity contribution is 5.14. The van der Waals surface area contributed by atoms with E-state index in [2.05, 4.69) is 35.6 Å². The van der Waals surface area contributed by atoms with Crippen molar-refractivity contribution in [3.63, 3.8) is 0 Å². The third-order valence-electron chi connectivity index (χ3n) is 4.15. The van der Waals surface area contributed by atoms with Crippen molar-refractivity contribution in [2.24, 2.45) is 11.8 Å². The minimum atomic E-state index is 0.809. The van der Waals surface area contributed by atoms with Crippen molar-refractivity contribution in [3.05, 3.63) is 35.9 Å². The fraction of sp³-hybridized carbons (Fsp3) is 0.571. The van der Waals surface area contributed by atoms with Gasteiger partial charge in [-0.2, -0.15) is 0 Å². The van der Waals surface area contributed by atoms with Gasteiger partial charge in [0.15, 0.2) is 0 Å². The van der Waals surface area contributed by atoms with Crippen LogP contribution in [0, 0.1) is 11.8 Å². The summed E-state index contributed by atoms with van der Waals surface area (Å²) < 4.78 is 0. The van der Waals surface area contributed by atoms with Crippen LogP contribution in [0.2, 0.25) is 0 Å². The molecule has 2 saturated carbocycles. The smallest absolute Gasteiger partial charge is 0.0208 e. The molecule has 0 spiro atoms. The first-order valence-electron chi connectivity index (χ1n) is 6.19. The van der Waals surface area contributed by atoms with E-state index in [1.165, 1.54) is 31.2 Å². The third kappa shape index (κ3) is 1.93. The Labute approximate surface area is 91.9 Å². The Kier molecular flexibility index (Phi) is 2.49. The van der Waals surface area contributed by atoms with E-state index in [1.54, 1.807) is 0 Å². The average molecular weight is 201 g/mol. The molecule has 3 rings (SSSR count). The summed E-state index contributed by atoms with van der Waals surface area (Å²) in [7, 11) is 0. The summed E-state index contributed by atoms with van der Waals surface area (Å²) in [5.41, 5.74) is 1.42. The Morgan fingerprint density at radius 3 is 2.60 bits per heavy atom.